The summed E-state index contributed by atoms with van der Waals surface area (Å²) >= 11 is 7.96. The van der Waals surface area contributed by atoms with E-state index >= 15 is 0 Å². The normalized spacial score (nSPS) is 11.7. The van der Waals surface area contributed by atoms with Crippen molar-refractivity contribution < 1.29 is 13.9 Å². The van der Waals surface area contributed by atoms with Gasteiger partial charge in [0.05, 0.1) is 32.8 Å². The summed E-state index contributed by atoms with van der Waals surface area (Å²) in [7, 11) is 1.67. The summed E-state index contributed by atoms with van der Waals surface area (Å²) in [4.78, 5) is 9.68. The summed E-state index contributed by atoms with van der Waals surface area (Å²) in [6.07, 6.45) is 1.52. The molecule has 0 aliphatic heterocycles. The minimum Gasteiger partial charge on any atom is -0.487 e. The molecule has 0 spiro atoms. The molecule has 2 heterocycles. The Balaban J connectivity index is 1.45. The van der Waals surface area contributed by atoms with Gasteiger partial charge in [-0.2, -0.15) is 0 Å². The van der Waals surface area contributed by atoms with Gasteiger partial charge in [0.15, 0.2) is 5.82 Å². The molecule has 0 saturated heterocycles. The largest absolute Gasteiger partial charge is 0.487 e. The second kappa shape index (κ2) is 12.0. The Kier molecular flexibility index (Phi) is 8.50. The van der Waals surface area contributed by atoms with Crippen LogP contribution in [0.3, 0.4) is 0 Å². The van der Waals surface area contributed by atoms with E-state index in [4.69, 9.17) is 21.1 Å². The molecule has 0 unspecified atom stereocenters. The van der Waals surface area contributed by atoms with E-state index in [2.05, 4.69) is 32.4 Å². The highest BCUT2D eigenvalue weighted by Crippen LogP contribution is 2.33. The van der Waals surface area contributed by atoms with Crippen LogP contribution in [0, 0.1) is 17.7 Å². The number of nitrogens with zero attached hydrogens (tertiary/aromatic N) is 2. The quantitative estimate of drug-likeness (QED) is 0.220. The van der Waals surface area contributed by atoms with Crippen LogP contribution in [0.5, 0.6) is 5.75 Å². The van der Waals surface area contributed by atoms with E-state index in [-0.39, 0.29) is 18.5 Å². The van der Waals surface area contributed by atoms with Gasteiger partial charge in [0.2, 0.25) is 0 Å². The number of benzene rings is 2. The van der Waals surface area contributed by atoms with Crippen LogP contribution in [0.2, 0.25) is 5.02 Å². The number of rotatable bonds is 9. The Morgan fingerprint density at radius 3 is 2.86 bits per heavy atom. The number of halogens is 2. The Hall–Kier alpha value is -3.22. The van der Waals surface area contributed by atoms with Crippen LogP contribution >= 0.6 is 22.9 Å². The first-order valence-corrected chi connectivity index (χ1v) is 12.1. The first-order chi connectivity index (χ1) is 17.0. The lowest BCUT2D eigenvalue weighted by Gasteiger charge is -2.11. The van der Waals surface area contributed by atoms with E-state index in [1.807, 2.05) is 19.1 Å². The van der Waals surface area contributed by atoms with Crippen LogP contribution in [0.15, 0.2) is 54.9 Å². The van der Waals surface area contributed by atoms with E-state index in [0.717, 1.165) is 32.9 Å². The van der Waals surface area contributed by atoms with Crippen LogP contribution in [-0.2, 0) is 11.3 Å². The van der Waals surface area contributed by atoms with Crippen LogP contribution in [-0.4, -0.2) is 36.3 Å². The lowest BCUT2D eigenvalue weighted by Crippen LogP contribution is -2.27. The van der Waals surface area contributed by atoms with E-state index < -0.39 is 0 Å². The predicted molar refractivity (Wildman–Crippen MR) is 139 cm³/mol. The molecule has 6 nitrogen and oxygen atoms in total. The summed E-state index contributed by atoms with van der Waals surface area (Å²) in [5.41, 5.74) is 2.30. The Bertz CT molecular complexity index is 1370. The Labute approximate surface area is 212 Å². The zero-order valence-corrected chi connectivity index (χ0v) is 20.8. The number of aromatic nitrogens is 2. The maximum Gasteiger partial charge on any atom is 0.151 e. The van der Waals surface area contributed by atoms with Crippen LogP contribution in [0.1, 0.15) is 17.4 Å². The average Bonchev–Trinajstić information content (AvgIpc) is 3.27. The monoisotopic (exact) mass is 510 g/mol. The molecule has 0 aliphatic carbocycles. The van der Waals surface area contributed by atoms with E-state index in [1.54, 1.807) is 31.4 Å². The number of nitrogens with one attached hydrogen (secondary N) is 2. The molecule has 9 heteroatoms. The number of thiophene rings is 1. The van der Waals surface area contributed by atoms with Gasteiger partial charge in [0.25, 0.3) is 0 Å². The zero-order valence-electron chi connectivity index (χ0n) is 19.3. The fourth-order valence-electron chi connectivity index (χ4n) is 3.23. The van der Waals surface area contributed by atoms with Gasteiger partial charge in [-0.05, 0) is 48.9 Å². The predicted octanol–water partition coefficient (Wildman–Crippen LogP) is 5.78. The minimum absolute atomic E-state index is 0.0443. The topological polar surface area (TPSA) is 68.3 Å². The fourth-order valence-corrected chi connectivity index (χ4v) is 4.39. The Morgan fingerprint density at radius 2 is 2.06 bits per heavy atom. The molecule has 2 aromatic carbocycles. The van der Waals surface area contributed by atoms with Crippen molar-refractivity contribution in [1.82, 2.24) is 15.3 Å². The zero-order chi connectivity index (χ0) is 24.6. The number of anilines is 2. The number of hydrogen-bond donors (Lipinski definition) is 2. The van der Waals surface area contributed by atoms with Crippen molar-refractivity contribution in [2.24, 2.45) is 0 Å². The van der Waals surface area contributed by atoms with Gasteiger partial charge in [-0.15, -0.1) is 11.3 Å². The smallest absolute Gasteiger partial charge is 0.151 e. The third kappa shape index (κ3) is 6.90. The molecule has 1 atom stereocenters. The van der Waals surface area contributed by atoms with Gasteiger partial charge in [-0.25, -0.2) is 14.4 Å². The van der Waals surface area contributed by atoms with Gasteiger partial charge in [0, 0.05) is 19.3 Å². The van der Waals surface area contributed by atoms with Crippen molar-refractivity contribution in [3.05, 3.63) is 76.1 Å². The molecular weight excluding hydrogens is 487 g/mol. The maximum absolute atomic E-state index is 13.4. The third-order valence-electron chi connectivity index (χ3n) is 4.96. The molecule has 2 aromatic heterocycles. The summed E-state index contributed by atoms with van der Waals surface area (Å²) < 4.78 is 25.1. The molecule has 35 heavy (non-hydrogen) atoms. The summed E-state index contributed by atoms with van der Waals surface area (Å²) in [6.45, 7) is 3.62. The van der Waals surface area contributed by atoms with Crippen molar-refractivity contribution in [2.75, 3.05) is 25.6 Å². The standard InChI is InChI=1S/C26H24ClFN4O2S/c1-17(29-10-11-33-2)6-8-21-14-23-25(35-21)26(31-16-30-23)32-20-7-9-24(22(27)13-20)34-15-18-4-3-5-19(28)12-18/h3-5,7,9,12-14,16-17,29H,10-11,15H2,1-2H3,(H,30,31,32)/t17-/m0/s1. The molecule has 0 amide bonds. The molecule has 0 radical (unpaired) electrons. The number of ether oxygens (including phenoxy) is 2. The number of hydrogen-bond acceptors (Lipinski definition) is 7. The molecule has 0 aliphatic rings. The van der Waals surface area contributed by atoms with E-state index in [1.165, 1.54) is 29.8 Å². The number of fused-ring (bicyclic) bond motifs is 1. The number of methoxy groups -OCH3 is 1. The minimum atomic E-state index is -0.302. The van der Waals surface area contributed by atoms with Gasteiger partial charge >= 0.3 is 0 Å². The average molecular weight is 511 g/mol. The fraction of sp³-hybridized carbons (Fsp3) is 0.231. The molecule has 4 aromatic rings. The van der Waals surface area contributed by atoms with Crippen molar-refractivity contribution in [3.8, 4) is 17.6 Å². The molecule has 180 valence electrons. The van der Waals surface area contributed by atoms with Crippen molar-refractivity contribution in [2.45, 2.75) is 19.6 Å². The molecule has 0 bridgehead atoms. The summed E-state index contributed by atoms with van der Waals surface area (Å²) in [5.74, 6) is 7.29. The van der Waals surface area contributed by atoms with E-state index in [0.29, 0.717) is 23.2 Å². The van der Waals surface area contributed by atoms with Crippen LogP contribution < -0.4 is 15.4 Å². The van der Waals surface area contributed by atoms with Gasteiger partial charge in [-0.1, -0.05) is 35.6 Å². The molecule has 2 N–H and O–H groups in total. The third-order valence-corrected chi connectivity index (χ3v) is 6.30. The molecule has 4 rings (SSSR count). The highest BCUT2D eigenvalue weighted by atomic mass is 35.5. The van der Waals surface area contributed by atoms with Crippen molar-refractivity contribution in [3.63, 3.8) is 0 Å². The second-order valence-electron chi connectivity index (χ2n) is 7.67. The van der Waals surface area contributed by atoms with E-state index in [9.17, 15) is 4.39 Å². The van der Waals surface area contributed by atoms with Gasteiger partial charge < -0.3 is 20.1 Å². The first kappa shape index (κ1) is 24.9. The second-order valence-corrected chi connectivity index (χ2v) is 9.13. The lowest BCUT2D eigenvalue weighted by atomic mass is 10.2. The molecule has 0 saturated carbocycles. The molecule has 0 fully saturated rings. The highest BCUT2D eigenvalue weighted by Gasteiger charge is 2.10. The first-order valence-electron chi connectivity index (χ1n) is 10.9. The van der Waals surface area contributed by atoms with Crippen LogP contribution in [0.4, 0.5) is 15.9 Å². The summed E-state index contributed by atoms with van der Waals surface area (Å²) in [5, 5.41) is 7.03. The SMILES string of the molecule is COCCN[C@@H](C)C#Cc1cc2ncnc(Nc3ccc(OCc4cccc(F)c4)c(Cl)c3)c2s1. The van der Waals surface area contributed by atoms with Crippen molar-refractivity contribution >= 4 is 44.7 Å². The van der Waals surface area contributed by atoms with Crippen LogP contribution in [0.25, 0.3) is 10.2 Å². The Morgan fingerprint density at radius 1 is 1.17 bits per heavy atom. The van der Waals surface area contributed by atoms with Gasteiger partial charge in [-0.3, -0.25) is 0 Å². The molecular formula is C26H24ClFN4O2S. The van der Waals surface area contributed by atoms with Gasteiger partial charge in [0.1, 0.15) is 24.5 Å². The lowest BCUT2D eigenvalue weighted by molar-refractivity contribution is 0.198. The highest BCUT2D eigenvalue weighted by molar-refractivity contribution is 7.20. The maximum atomic E-state index is 13.4. The summed E-state index contributed by atoms with van der Waals surface area (Å²) in [6, 6.07) is 13.7. The van der Waals surface area contributed by atoms with Crippen molar-refractivity contribution in [1.29, 1.82) is 0 Å².